The number of ether oxygens (including phenoxy) is 1. The van der Waals surface area contributed by atoms with Gasteiger partial charge in [0.05, 0.1) is 23.6 Å². The van der Waals surface area contributed by atoms with Crippen LogP contribution in [0, 0.1) is 0 Å². The number of nitrogens with zero attached hydrogens (tertiary/aromatic N) is 1. The molecule has 2 heterocycles. The maximum atomic E-state index is 13.5. The molecule has 0 bridgehead atoms. The Morgan fingerprint density at radius 3 is 2.61 bits per heavy atom. The topological polar surface area (TPSA) is 80.0 Å². The lowest BCUT2D eigenvalue weighted by Gasteiger charge is -2.26. The fourth-order valence-corrected chi connectivity index (χ4v) is 4.45. The molecule has 0 unspecified atom stereocenters. The van der Waals surface area contributed by atoms with Crippen LogP contribution >= 0.6 is 11.6 Å². The molecule has 0 spiro atoms. The number of benzene rings is 3. The van der Waals surface area contributed by atoms with Crippen molar-refractivity contribution in [2.75, 3.05) is 6.61 Å². The van der Waals surface area contributed by atoms with Crippen molar-refractivity contribution in [3.63, 3.8) is 0 Å². The summed E-state index contributed by atoms with van der Waals surface area (Å²) in [6.07, 6.45) is 0. The number of phenols is 1. The maximum Gasteiger partial charge on any atom is 0.291 e. The van der Waals surface area contributed by atoms with Crippen molar-refractivity contribution in [1.82, 2.24) is 4.90 Å². The predicted octanol–water partition coefficient (Wildman–Crippen LogP) is 5.30. The highest BCUT2D eigenvalue weighted by Crippen LogP contribution is 2.41. The molecule has 1 amide bonds. The molecular weight excluding hydrogens is 442 g/mol. The first-order chi connectivity index (χ1) is 16.0. The Morgan fingerprint density at radius 2 is 1.82 bits per heavy atom. The number of aromatic hydroxyl groups is 1. The number of fused-ring (bicyclic) bond motifs is 2. The average molecular weight is 462 g/mol. The van der Waals surface area contributed by atoms with Gasteiger partial charge in [-0.3, -0.25) is 9.59 Å². The van der Waals surface area contributed by atoms with E-state index >= 15 is 0 Å². The van der Waals surface area contributed by atoms with Crippen molar-refractivity contribution in [1.29, 1.82) is 0 Å². The Balaban J connectivity index is 1.73. The minimum Gasteiger partial charge on any atom is -0.504 e. The molecule has 166 valence electrons. The molecule has 1 atom stereocenters. The Labute approximate surface area is 194 Å². The summed E-state index contributed by atoms with van der Waals surface area (Å²) < 4.78 is 11.5. The third-order valence-corrected chi connectivity index (χ3v) is 6.14. The molecule has 33 heavy (non-hydrogen) atoms. The van der Waals surface area contributed by atoms with Crippen LogP contribution in [0.15, 0.2) is 75.9 Å². The molecule has 1 aliphatic rings. The molecular formula is C26H20ClNO5. The Kier molecular flexibility index (Phi) is 5.30. The molecule has 1 N–H and O–H groups in total. The fourth-order valence-electron chi connectivity index (χ4n) is 4.26. The van der Waals surface area contributed by atoms with Gasteiger partial charge in [0.25, 0.3) is 5.91 Å². The van der Waals surface area contributed by atoms with Crippen LogP contribution < -0.4 is 10.2 Å². The second-order valence-electron chi connectivity index (χ2n) is 7.76. The standard InChI is InChI=1S/C26H20ClNO5/c1-2-32-21-13-15(11-12-19(21)29)23-22-24(30)17-8-4-6-10-20(17)33-25(22)26(31)28(23)14-16-7-3-5-9-18(16)27/h3-13,23,29H,2,14H2,1H3/t23-/m0/s1. The van der Waals surface area contributed by atoms with Crippen LogP contribution in [-0.2, 0) is 6.54 Å². The van der Waals surface area contributed by atoms with Crippen molar-refractivity contribution in [2.24, 2.45) is 0 Å². The highest BCUT2D eigenvalue weighted by molar-refractivity contribution is 6.31. The highest BCUT2D eigenvalue weighted by atomic mass is 35.5. The summed E-state index contributed by atoms with van der Waals surface area (Å²) in [6, 6.07) is 18.2. The van der Waals surface area contributed by atoms with Crippen molar-refractivity contribution >= 4 is 28.5 Å². The SMILES string of the molecule is CCOc1cc([C@H]2c3c(oc4ccccc4c3=O)C(=O)N2Cc2ccccc2Cl)ccc1O. The predicted molar refractivity (Wildman–Crippen MR) is 125 cm³/mol. The summed E-state index contributed by atoms with van der Waals surface area (Å²) in [7, 11) is 0. The molecule has 0 fully saturated rings. The van der Waals surface area contributed by atoms with Crippen LogP contribution in [0.2, 0.25) is 5.02 Å². The van der Waals surface area contributed by atoms with Gasteiger partial charge in [0.1, 0.15) is 5.58 Å². The number of rotatable bonds is 5. The lowest BCUT2D eigenvalue weighted by atomic mass is 9.97. The quantitative estimate of drug-likeness (QED) is 0.436. The molecule has 5 rings (SSSR count). The molecule has 1 aromatic heterocycles. The van der Waals surface area contributed by atoms with Crippen LogP contribution in [0.1, 0.15) is 40.2 Å². The monoisotopic (exact) mass is 461 g/mol. The Morgan fingerprint density at radius 1 is 1.06 bits per heavy atom. The first-order valence-corrected chi connectivity index (χ1v) is 10.9. The number of para-hydroxylation sites is 1. The average Bonchev–Trinajstić information content (AvgIpc) is 3.09. The first kappa shape index (κ1) is 21.1. The number of carbonyl (C=O) groups excluding carboxylic acids is 1. The normalized spacial score (nSPS) is 15.2. The van der Waals surface area contributed by atoms with Gasteiger partial charge in [0.15, 0.2) is 16.9 Å². The van der Waals surface area contributed by atoms with Crippen molar-refractivity contribution in [3.8, 4) is 11.5 Å². The summed E-state index contributed by atoms with van der Waals surface area (Å²) in [4.78, 5) is 28.7. The number of phenolic OH excluding ortho intramolecular Hbond substituents is 1. The van der Waals surface area contributed by atoms with E-state index in [1.54, 1.807) is 47.4 Å². The van der Waals surface area contributed by atoms with Crippen molar-refractivity contribution in [2.45, 2.75) is 19.5 Å². The summed E-state index contributed by atoms with van der Waals surface area (Å²) in [5.41, 5.74) is 1.72. The number of hydrogen-bond donors (Lipinski definition) is 1. The van der Waals surface area contributed by atoms with Gasteiger partial charge in [-0.25, -0.2) is 0 Å². The summed E-state index contributed by atoms with van der Waals surface area (Å²) in [5.74, 6) is -0.127. The first-order valence-electron chi connectivity index (χ1n) is 10.6. The molecule has 6 nitrogen and oxygen atoms in total. The van der Waals surface area contributed by atoms with Crippen molar-refractivity contribution < 1.29 is 19.1 Å². The Bertz CT molecular complexity index is 1440. The largest absolute Gasteiger partial charge is 0.504 e. The zero-order valence-electron chi connectivity index (χ0n) is 17.7. The minimum absolute atomic E-state index is 0.0155. The molecule has 1 aliphatic heterocycles. The van der Waals surface area contributed by atoms with Gasteiger partial charge in [0, 0.05) is 11.6 Å². The van der Waals surface area contributed by atoms with E-state index in [-0.39, 0.29) is 34.8 Å². The van der Waals surface area contributed by atoms with Crippen molar-refractivity contribution in [3.05, 3.63) is 104 Å². The Hall–Kier alpha value is -3.77. The van der Waals surface area contributed by atoms with Gasteiger partial charge in [0.2, 0.25) is 5.76 Å². The number of hydrogen-bond acceptors (Lipinski definition) is 5. The van der Waals surface area contributed by atoms with E-state index in [1.807, 2.05) is 25.1 Å². The number of halogens is 1. The maximum absolute atomic E-state index is 13.5. The number of carbonyl (C=O) groups is 1. The van der Waals surface area contributed by atoms with Gasteiger partial charge in [-0.05, 0) is 48.4 Å². The summed E-state index contributed by atoms with van der Waals surface area (Å²) in [5, 5.41) is 11.1. The molecule has 0 saturated heterocycles. The van der Waals surface area contributed by atoms with Gasteiger partial charge in [-0.2, -0.15) is 0 Å². The van der Waals surface area contributed by atoms with Crippen LogP contribution in [-0.4, -0.2) is 22.5 Å². The summed E-state index contributed by atoms with van der Waals surface area (Å²) in [6.45, 7) is 2.34. The minimum atomic E-state index is -0.732. The van der Waals surface area contributed by atoms with Gasteiger partial charge in [-0.1, -0.05) is 48.0 Å². The zero-order valence-corrected chi connectivity index (χ0v) is 18.5. The second-order valence-corrected chi connectivity index (χ2v) is 8.16. The molecule has 0 radical (unpaired) electrons. The lowest BCUT2D eigenvalue weighted by molar-refractivity contribution is 0.0714. The third kappa shape index (κ3) is 3.52. The molecule has 0 saturated carbocycles. The van der Waals surface area contributed by atoms with E-state index in [1.165, 1.54) is 6.07 Å². The van der Waals surface area contributed by atoms with Crippen LogP contribution in [0.25, 0.3) is 11.0 Å². The molecule has 0 aliphatic carbocycles. The van der Waals surface area contributed by atoms with E-state index < -0.39 is 11.9 Å². The van der Waals surface area contributed by atoms with Gasteiger partial charge in [-0.15, -0.1) is 0 Å². The highest BCUT2D eigenvalue weighted by Gasteiger charge is 2.43. The molecule has 3 aromatic carbocycles. The van der Waals surface area contributed by atoms with Gasteiger partial charge >= 0.3 is 0 Å². The molecule has 7 heteroatoms. The van der Waals surface area contributed by atoms with E-state index in [9.17, 15) is 14.7 Å². The lowest BCUT2D eigenvalue weighted by Crippen LogP contribution is -2.29. The summed E-state index contributed by atoms with van der Waals surface area (Å²) >= 11 is 6.38. The van der Waals surface area contributed by atoms with E-state index in [4.69, 9.17) is 20.8 Å². The smallest absolute Gasteiger partial charge is 0.291 e. The molecule has 4 aromatic rings. The van der Waals surface area contributed by atoms with Crippen LogP contribution in [0.5, 0.6) is 11.5 Å². The zero-order chi connectivity index (χ0) is 23.1. The van der Waals surface area contributed by atoms with E-state index in [0.29, 0.717) is 28.2 Å². The third-order valence-electron chi connectivity index (χ3n) is 5.77. The van der Waals surface area contributed by atoms with E-state index in [2.05, 4.69) is 0 Å². The van der Waals surface area contributed by atoms with Gasteiger partial charge < -0.3 is 19.2 Å². The van der Waals surface area contributed by atoms with Crippen LogP contribution in [0.3, 0.4) is 0 Å². The van der Waals surface area contributed by atoms with Crippen LogP contribution in [0.4, 0.5) is 0 Å². The fraction of sp³-hybridized carbons (Fsp3) is 0.154. The second kappa shape index (κ2) is 8.30. The number of amides is 1. The van der Waals surface area contributed by atoms with E-state index in [0.717, 1.165) is 5.56 Å².